The highest BCUT2D eigenvalue weighted by Crippen LogP contribution is 2.09. The van der Waals surface area contributed by atoms with Gasteiger partial charge in [0.15, 0.2) is 0 Å². The standard InChI is InChI=1S/C7H11NO/c1-2-7-5-3-4-6-8(7)9/h3-5,9H,2,6H2,1H3. The van der Waals surface area contributed by atoms with E-state index >= 15 is 0 Å². The highest BCUT2D eigenvalue weighted by atomic mass is 16.5. The van der Waals surface area contributed by atoms with Crippen LogP contribution in [0.1, 0.15) is 13.3 Å². The van der Waals surface area contributed by atoms with Crippen LogP contribution in [0.2, 0.25) is 0 Å². The Hall–Kier alpha value is -0.760. The number of hydrogen-bond acceptors (Lipinski definition) is 2. The summed E-state index contributed by atoms with van der Waals surface area (Å²) in [4.78, 5) is 0. The van der Waals surface area contributed by atoms with E-state index in [-0.39, 0.29) is 0 Å². The van der Waals surface area contributed by atoms with E-state index in [0.717, 1.165) is 12.1 Å². The Morgan fingerprint density at radius 3 is 3.00 bits per heavy atom. The van der Waals surface area contributed by atoms with Gasteiger partial charge >= 0.3 is 0 Å². The van der Waals surface area contributed by atoms with Gasteiger partial charge in [-0.1, -0.05) is 19.1 Å². The largest absolute Gasteiger partial charge is 0.288 e. The first-order chi connectivity index (χ1) is 4.34. The fourth-order valence-corrected chi connectivity index (χ4v) is 0.843. The summed E-state index contributed by atoms with van der Waals surface area (Å²) in [6.45, 7) is 2.65. The molecule has 50 valence electrons. The molecule has 0 spiro atoms. The third-order valence-electron chi connectivity index (χ3n) is 1.40. The number of nitrogens with zero attached hydrogens (tertiary/aromatic N) is 1. The van der Waals surface area contributed by atoms with E-state index in [9.17, 15) is 0 Å². The van der Waals surface area contributed by atoms with Gasteiger partial charge in [-0.25, -0.2) is 0 Å². The van der Waals surface area contributed by atoms with Crippen LogP contribution in [0, 0.1) is 0 Å². The van der Waals surface area contributed by atoms with Gasteiger partial charge in [-0.15, -0.1) is 0 Å². The SMILES string of the molecule is CCC1=CC=CCN1O. The van der Waals surface area contributed by atoms with Crippen LogP contribution < -0.4 is 0 Å². The van der Waals surface area contributed by atoms with Crippen molar-refractivity contribution in [3.8, 4) is 0 Å². The van der Waals surface area contributed by atoms with Crippen molar-refractivity contribution in [1.29, 1.82) is 0 Å². The summed E-state index contributed by atoms with van der Waals surface area (Å²) >= 11 is 0. The van der Waals surface area contributed by atoms with Crippen molar-refractivity contribution in [2.24, 2.45) is 0 Å². The number of hydrogen-bond donors (Lipinski definition) is 1. The van der Waals surface area contributed by atoms with Crippen LogP contribution in [0.15, 0.2) is 23.9 Å². The van der Waals surface area contributed by atoms with Crippen molar-refractivity contribution < 1.29 is 5.21 Å². The molecular weight excluding hydrogens is 114 g/mol. The molecule has 0 unspecified atom stereocenters. The lowest BCUT2D eigenvalue weighted by molar-refractivity contribution is -0.0480. The molecule has 0 fully saturated rings. The predicted octanol–water partition coefficient (Wildman–Crippen LogP) is 1.54. The van der Waals surface area contributed by atoms with Crippen molar-refractivity contribution in [2.45, 2.75) is 13.3 Å². The molecule has 1 aliphatic heterocycles. The summed E-state index contributed by atoms with van der Waals surface area (Å²) in [5.41, 5.74) is 0.984. The normalized spacial score (nSPS) is 18.0. The van der Waals surface area contributed by atoms with Gasteiger partial charge in [-0.3, -0.25) is 10.3 Å². The maximum atomic E-state index is 9.08. The first kappa shape index (κ1) is 6.36. The van der Waals surface area contributed by atoms with E-state index in [1.807, 2.05) is 25.2 Å². The summed E-state index contributed by atoms with van der Waals surface area (Å²) in [6.07, 6.45) is 6.69. The van der Waals surface area contributed by atoms with Gasteiger partial charge in [0.25, 0.3) is 0 Å². The first-order valence-corrected chi connectivity index (χ1v) is 3.16. The molecule has 0 aromatic carbocycles. The smallest absolute Gasteiger partial charge is 0.0633 e. The molecule has 0 saturated carbocycles. The fraction of sp³-hybridized carbons (Fsp3) is 0.429. The average Bonchev–Trinajstić information content (AvgIpc) is 1.89. The molecule has 0 amide bonds. The summed E-state index contributed by atoms with van der Waals surface area (Å²) in [5.74, 6) is 0. The molecular formula is C7H11NO. The van der Waals surface area contributed by atoms with Gasteiger partial charge in [-0.05, 0) is 12.5 Å². The molecule has 9 heavy (non-hydrogen) atoms. The Labute approximate surface area is 55.1 Å². The van der Waals surface area contributed by atoms with Gasteiger partial charge in [0.2, 0.25) is 0 Å². The van der Waals surface area contributed by atoms with Crippen LogP contribution in [0.25, 0.3) is 0 Å². The quantitative estimate of drug-likeness (QED) is 0.574. The first-order valence-electron chi connectivity index (χ1n) is 3.16. The van der Waals surface area contributed by atoms with Gasteiger partial charge in [0.1, 0.15) is 0 Å². The average molecular weight is 125 g/mol. The van der Waals surface area contributed by atoms with Crippen molar-refractivity contribution in [1.82, 2.24) is 5.06 Å². The van der Waals surface area contributed by atoms with E-state index in [4.69, 9.17) is 5.21 Å². The minimum Gasteiger partial charge on any atom is -0.288 e. The minimum atomic E-state index is 0.625. The second-order valence-electron chi connectivity index (χ2n) is 2.02. The molecule has 1 rings (SSSR count). The third kappa shape index (κ3) is 1.33. The second-order valence-corrected chi connectivity index (χ2v) is 2.02. The molecule has 1 heterocycles. The van der Waals surface area contributed by atoms with Gasteiger partial charge in [-0.2, -0.15) is 0 Å². The van der Waals surface area contributed by atoms with Crippen molar-refractivity contribution in [3.63, 3.8) is 0 Å². The Balaban J connectivity index is 2.63. The minimum absolute atomic E-state index is 0.625. The zero-order valence-electron chi connectivity index (χ0n) is 5.54. The molecule has 1 aliphatic rings. The zero-order chi connectivity index (χ0) is 6.69. The van der Waals surface area contributed by atoms with E-state index < -0.39 is 0 Å². The summed E-state index contributed by atoms with van der Waals surface area (Å²) < 4.78 is 0. The Morgan fingerprint density at radius 2 is 2.56 bits per heavy atom. The van der Waals surface area contributed by atoms with Crippen molar-refractivity contribution in [2.75, 3.05) is 6.54 Å². The lowest BCUT2D eigenvalue weighted by Gasteiger charge is -2.19. The highest BCUT2D eigenvalue weighted by Gasteiger charge is 2.03. The highest BCUT2D eigenvalue weighted by molar-refractivity contribution is 5.15. The molecule has 2 heteroatoms. The summed E-state index contributed by atoms with van der Waals surface area (Å²) in [6, 6.07) is 0. The lowest BCUT2D eigenvalue weighted by Crippen LogP contribution is -2.19. The maximum absolute atomic E-state index is 9.08. The molecule has 0 bridgehead atoms. The van der Waals surface area contributed by atoms with Crippen LogP contribution in [-0.4, -0.2) is 16.8 Å². The fourth-order valence-electron chi connectivity index (χ4n) is 0.843. The van der Waals surface area contributed by atoms with Crippen LogP contribution in [-0.2, 0) is 0 Å². The second kappa shape index (κ2) is 2.69. The maximum Gasteiger partial charge on any atom is 0.0633 e. The molecule has 0 radical (unpaired) electrons. The third-order valence-corrected chi connectivity index (χ3v) is 1.40. The molecule has 0 saturated heterocycles. The van der Waals surface area contributed by atoms with E-state index in [1.54, 1.807) is 0 Å². The van der Waals surface area contributed by atoms with Crippen LogP contribution in [0.3, 0.4) is 0 Å². The molecule has 2 nitrogen and oxygen atoms in total. The van der Waals surface area contributed by atoms with Crippen LogP contribution in [0.5, 0.6) is 0 Å². The molecule has 1 N–H and O–H groups in total. The summed E-state index contributed by atoms with van der Waals surface area (Å²) in [7, 11) is 0. The topological polar surface area (TPSA) is 23.5 Å². The van der Waals surface area contributed by atoms with Gasteiger partial charge in [0.05, 0.1) is 6.54 Å². The Bertz CT molecular complexity index is 149. The van der Waals surface area contributed by atoms with Crippen molar-refractivity contribution >= 4 is 0 Å². The Kier molecular flexibility index (Phi) is 1.90. The van der Waals surface area contributed by atoms with E-state index in [0.29, 0.717) is 6.54 Å². The molecule has 0 aromatic heterocycles. The van der Waals surface area contributed by atoms with E-state index in [2.05, 4.69) is 0 Å². The number of hydroxylamine groups is 2. The van der Waals surface area contributed by atoms with Gasteiger partial charge in [0, 0.05) is 5.70 Å². The summed E-state index contributed by atoms with van der Waals surface area (Å²) in [5, 5.41) is 10.3. The predicted molar refractivity (Wildman–Crippen MR) is 36.0 cm³/mol. The van der Waals surface area contributed by atoms with Crippen LogP contribution in [0.4, 0.5) is 0 Å². The van der Waals surface area contributed by atoms with Crippen molar-refractivity contribution in [3.05, 3.63) is 23.9 Å². The number of rotatable bonds is 1. The molecule has 0 aromatic rings. The van der Waals surface area contributed by atoms with Gasteiger partial charge < -0.3 is 0 Å². The molecule has 0 aliphatic carbocycles. The molecule has 0 atom stereocenters. The lowest BCUT2D eigenvalue weighted by atomic mass is 10.2. The zero-order valence-corrected chi connectivity index (χ0v) is 5.54. The van der Waals surface area contributed by atoms with Crippen LogP contribution >= 0.6 is 0 Å². The monoisotopic (exact) mass is 125 g/mol. The Morgan fingerprint density at radius 1 is 1.78 bits per heavy atom. The van der Waals surface area contributed by atoms with E-state index in [1.165, 1.54) is 5.06 Å². The number of allylic oxidation sites excluding steroid dienone is 3.